The fourth-order valence-electron chi connectivity index (χ4n) is 2.88. The maximum Gasteiger partial charge on any atom is 0.308 e. The summed E-state index contributed by atoms with van der Waals surface area (Å²) in [4.78, 5) is 16.4. The van der Waals surface area contributed by atoms with Crippen LogP contribution in [0.3, 0.4) is 0 Å². The largest absolute Gasteiger partial charge is 0.469 e. The molecule has 0 aromatic heterocycles. The first-order valence-corrected chi connectivity index (χ1v) is 5.44. The third-order valence-electron chi connectivity index (χ3n) is 3.65. The maximum absolute atomic E-state index is 11.5. The van der Waals surface area contributed by atoms with Crippen molar-refractivity contribution in [2.24, 2.45) is 22.9 Å². The second kappa shape index (κ2) is 4.21. The van der Waals surface area contributed by atoms with E-state index in [-0.39, 0.29) is 11.9 Å². The van der Waals surface area contributed by atoms with E-state index in [2.05, 4.69) is 5.16 Å². The average molecular weight is 211 g/mol. The SMILES string of the molecule is CO/N=C1\CC2CCC1CC2C(=O)OC. The number of rotatable bonds is 2. The first-order valence-electron chi connectivity index (χ1n) is 5.44. The third kappa shape index (κ3) is 1.85. The topological polar surface area (TPSA) is 47.9 Å². The van der Waals surface area contributed by atoms with Crippen molar-refractivity contribution in [3.8, 4) is 0 Å². The highest BCUT2D eigenvalue weighted by molar-refractivity contribution is 5.90. The van der Waals surface area contributed by atoms with E-state index in [1.807, 2.05) is 0 Å². The molecule has 3 fully saturated rings. The zero-order chi connectivity index (χ0) is 10.8. The number of esters is 1. The van der Waals surface area contributed by atoms with Gasteiger partial charge in [-0.25, -0.2) is 0 Å². The fraction of sp³-hybridized carbons (Fsp3) is 0.818. The van der Waals surface area contributed by atoms with Crippen LogP contribution in [0.4, 0.5) is 0 Å². The quantitative estimate of drug-likeness (QED) is 0.515. The molecule has 0 saturated heterocycles. The van der Waals surface area contributed by atoms with Gasteiger partial charge in [0, 0.05) is 5.92 Å². The Balaban J connectivity index is 2.09. The molecule has 3 atom stereocenters. The molecule has 3 aliphatic carbocycles. The maximum atomic E-state index is 11.5. The second-order valence-electron chi connectivity index (χ2n) is 4.37. The first kappa shape index (κ1) is 10.5. The number of carbonyl (C=O) groups is 1. The molecule has 0 spiro atoms. The number of nitrogens with zero attached hydrogens (tertiary/aromatic N) is 1. The molecule has 3 unspecified atom stereocenters. The molecule has 15 heavy (non-hydrogen) atoms. The summed E-state index contributed by atoms with van der Waals surface area (Å²) >= 11 is 0. The third-order valence-corrected chi connectivity index (χ3v) is 3.65. The molecule has 0 heterocycles. The molecule has 0 radical (unpaired) electrons. The Morgan fingerprint density at radius 2 is 2.20 bits per heavy atom. The van der Waals surface area contributed by atoms with Crippen molar-refractivity contribution >= 4 is 11.7 Å². The highest BCUT2D eigenvalue weighted by Gasteiger charge is 2.43. The normalized spacial score (nSPS) is 36.7. The Bertz CT molecular complexity index is 288. The molecule has 2 bridgehead atoms. The molecule has 3 saturated carbocycles. The Labute approximate surface area is 89.6 Å². The van der Waals surface area contributed by atoms with Crippen LogP contribution in [-0.4, -0.2) is 25.9 Å². The van der Waals surface area contributed by atoms with Crippen LogP contribution in [0, 0.1) is 17.8 Å². The van der Waals surface area contributed by atoms with Crippen LogP contribution in [0.15, 0.2) is 5.16 Å². The highest BCUT2D eigenvalue weighted by Crippen LogP contribution is 2.44. The van der Waals surface area contributed by atoms with Crippen molar-refractivity contribution in [3.63, 3.8) is 0 Å². The van der Waals surface area contributed by atoms with Crippen molar-refractivity contribution in [2.45, 2.75) is 25.7 Å². The molecule has 0 N–H and O–H groups in total. The van der Waals surface area contributed by atoms with Crippen molar-refractivity contribution < 1.29 is 14.4 Å². The van der Waals surface area contributed by atoms with Gasteiger partial charge in [0.15, 0.2) is 0 Å². The standard InChI is InChI=1S/C11H17NO3/c1-14-11(13)9-5-8-4-3-7(9)6-10(8)12-15-2/h7-9H,3-6H2,1-2H3/b12-10+. The van der Waals surface area contributed by atoms with Gasteiger partial charge < -0.3 is 9.57 Å². The lowest BCUT2D eigenvalue weighted by Gasteiger charge is -2.41. The van der Waals surface area contributed by atoms with Crippen LogP contribution < -0.4 is 0 Å². The van der Waals surface area contributed by atoms with Crippen molar-refractivity contribution in [1.29, 1.82) is 0 Å². The predicted molar refractivity (Wildman–Crippen MR) is 55.4 cm³/mol. The van der Waals surface area contributed by atoms with E-state index >= 15 is 0 Å². The lowest BCUT2D eigenvalue weighted by molar-refractivity contribution is -0.149. The summed E-state index contributed by atoms with van der Waals surface area (Å²) in [6.45, 7) is 0. The van der Waals surface area contributed by atoms with Gasteiger partial charge in [-0.15, -0.1) is 0 Å². The van der Waals surface area contributed by atoms with Crippen LogP contribution in [0.5, 0.6) is 0 Å². The summed E-state index contributed by atoms with van der Waals surface area (Å²) in [6, 6.07) is 0. The number of hydrogen-bond donors (Lipinski definition) is 0. The zero-order valence-corrected chi connectivity index (χ0v) is 9.23. The van der Waals surface area contributed by atoms with Crippen molar-refractivity contribution in [3.05, 3.63) is 0 Å². The highest BCUT2D eigenvalue weighted by atomic mass is 16.6. The number of fused-ring (bicyclic) bond motifs is 3. The van der Waals surface area contributed by atoms with Gasteiger partial charge in [-0.1, -0.05) is 5.16 Å². The van der Waals surface area contributed by atoms with Gasteiger partial charge in [-0.3, -0.25) is 4.79 Å². The Morgan fingerprint density at radius 1 is 1.40 bits per heavy atom. The molecule has 0 amide bonds. The Morgan fingerprint density at radius 3 is 2.73 bits per heavy atom. The van der Waals surface area contributed by atoms with Crippen LogP contribution in [-0.2, 0) is 14.4 Å². The number of hydrogen-bond acceptors (Lipinski definition) is 4. The summed E-state index contributed by atoms with van der Waals surface area (Å²) in [5, 5.41) is 4.05. The van der Waals surface area contributed by atoms with Crippen LogP contribution >= 0.6 is 0 Å². The molecule has 3 rings (SSSR count). The van der Waals surface area contributed by atoms with Gasteiger partial charge in [-0.2, -0.15) is 0 Å². The lowest BCUT2D eigenvalue weighted by Crippen LogP contribution is -2.41. The predicted octanol–water partition coefficient (Wildman–Crippen LogP) is 1.60. The van der Waals surface area contributed by atoms with Gasteiger partial charge in [-0.05, 0) is 31.6 Å². The van der Waals surface area contributed by atoms with Crippen LogP contribution in [0.2, 0.25) is 0 Å². The van der Waals surface area contributed by atoms with Gasteiger partial charge in [0.05, 0.1) is 18.7 Å². The molecule has 0 aliphatic heterocycles. The van der Waals surface area contributed by atoms with Gasteiger partial charge in [0.1, 0.15) is 7.11 Å². The minimum Gasteiger partial charge on any atom is -0.469 e. The first-order chi connectivity index (χ1) is 7.26. The van der Waals surface area contributed by atoms with Crippen molar-refractivity contribution in [1.82, 2.24) is 0 Å². The summed E-state index contributed by atoms with van der Waals surface area (Å²) < 4.78 is 4.83. The number of carbonyl (C=O) groups excluding carboxylic acids is 1. The van der Waals surface area contributed by atoms with Gasteiger partial charge >= 0.3 is 5.97 Å². The van der Waals surface area contributed by atoms with E-state index in [0.717, 1.165) is 31.4 Å². The minimum atomic E-state index is -0.0545. The van der Waals surface area contributed by atoms with E-state index in [0.29, 0.717) is 11.8 Å². The second-order valence-corrected chi connectivity index (χ2v) is 4.37. The van der Waals surface area contributed by atoms with E-state index in [4.69, 9.17) is 9.57 Å². The van der Waals surface area contributed by atoms with E-state index in [9.17, 15) is 4.79 Å². The van der Waals surface area contributed by atoms with E-state index in [1.54, 1.807) is 7.11 Å². The number of ether oxygens (including phenoxy) is 1. The summed E-state index contributed by atoms with van der Waals surface area (Å²) in [5.41, 5.74) is 1.13. The number of oxime groups is 1. The zero-order valence-electron chi connectivity index (χ0n) is 9.23. The smallest absolute Gasteiger partial charge is 0.308 e. The van der Waals surface area contributed by atoms with E-state index < -0.39 is 0 Å². The molecule has 3 aliphatic rings. The van der Waals surface area contributed by atoms with E-state index in [1.165, 1.54) is 7.11 Å². The van der Waals surface area contributed by atoms with Crippen molar-refractivity contribution in [2.75, 3.05) is 14.2 Å². The van der Waals surface area contributed by atoms with Gasteiger partial charge in [0.2, 0.25) is 0 Å². The number of methoxy groups -OCH3 is 1. The minimum absolute atomic E-state index is 0.0545. The molecule has 84 valence electrons. The van der Waals surface area contributed by atoms with Gasteiger partial charge in [0.25, 0.3) is 0 Å². The molecule has 4 heteroatoms. The molecular weight excluding hydrogens is 194 g/mol. The molecule has 0 aromatic rings. The fourth-order valence-corrected chi connectivity index (χ4v) is 2.88. The Hall–Kier alpha value is -1.06. The molecule has 4 nitrogen and oxygen atoms in total. The Kier molecular flexibility index (Phi) is 2.93. The lowest BCUT2D eigenvalue weighted by atomic mass is 9.64. The van der Waals surface area contributed by atoms with Crippen LogP contribution in [0.25, 0.3) is 0 Å². The average Bonchev–Trinajstić information content (AvgIpc) is 2.29. The van der Waals surface area contributed by atoms with Crippen LogP contribution in [0.1, 0.15) is 25.7 Å². The molecule has 0 aromatic carbocycles. The summed E-state index contributed by atoms with van der Waals surface area (Å²) in [6.07, 6.45) is 4.05. The summed E-state index contributed by atoms with van der Waals surface area (Å²) in [7, 11) is 3.04. The molecular formula is C11H17NO3. The monoisotopic (exact) mass is 211 g/mol. The summed E-state index contributed by atoms with van der Waals surface area (Å²) in [5.74, 6) is 0.876.